The number of phenols is 1. The van der Waals surface area contributed by atoms with Gasteiger partial charge in [0.15, 0.2) is 0 Å². The molecule has 1 amide bonds. The monoisotopic (exact) mass is 245 g/mol. The molecule has 1 aliphatic heterocycles. The normalized spacial score (nSPS) is 26.4. The van der Waals surface area contributed by atoms with Crippen LogP contribution in [0, 0.1) is 0 Å². The van der Waals surface area contributed by atoms with Crippen molar-refractivity contribution in [3.05, 3.63) is 29.3 Å². The van der Waals surface area contributed by atoms with Gasteiger partial charge in [0.05, 0.1) is 5.41 Å². The molecule has 3 rings (SSSR count). The summed E-state index contributed by atoms with van der Waals surface area (Å²) < 4.78 is 0. The zero-order valence-electron chi connectivity index (χ0n) is 10.8. The first-order chi connectivity index (χ1) is 8.61. The molecule has 1 aromatic rings. The molecule has 1 fully saturated rings. The Morgan fingerprint density at radius 3 is 2.72 bits per heavy atom. The summed E-state index contributed by atoms with van der Waals surface area (Å²) in [7, 11) is 0. The second-order valence-corrected chi connectivity index (χ2v) is 5.70. The van der Waals surface area contributed by atoms with Crippen LogP contribution in [0.3, 0.4) is 0 Å². The molecular weight excluding hydrogens is 226 g/mol. The predicted molar refractivity (Wildman–Crippen MR) is 69.6 cm³/mol. The van der Waals surface area contributed by atoms with E-state index < -0.39 is 5.41 Å². The van der Waals surface area contributed by atoms with Gasteiger partial charge in [0.1, 0.15) is 5.75 Å². The standard InChI is InChI=1S/C15H19NO2/c1-15(14(18)16-7-3-2-4-8-16)10-11-5-6-12(17)9-13(11)15/h5-6,9,17H,2-4,7-8,10H2,1H3. The van der Waals surface area contributed by atoms with Crippen LogP contribution in [0.5, 0.6) is 5.75 Å². The molecule has 3 nitrogen and oxygen atoms in total. The molecular formula is C15H19NO2. The maximum absolute atomic E-state index is 12.6. The Bertz CT molecular complexity index is 491. The average molecular weight is 245 g/mol. The van der Waals surface area contributed by atoms with Crippen LogP contribution in [0.25, 0.3) is 0 Å². The van der Waals surface area contributed by atoms with Crippen LogP contribution in [0.15, 0.2) is 18.2 Å². The number of amides is 1. The van der Waals surface area contributed by atoms with Gasteiger partial charge in [-0.25, -0.2) is 0 Å². The van der Waals surface area contributed by atoms with Crippen LogP contribution in [0.2, 0.25) is 0 Å². The number of carbonyl (C=O) groups excluding carboxylic acids is 1. The lowest BCUT2D eigenvalue weighted by molar-refractivity contribution is -0.138. The van der Waals surface area contributed by atoms with Gasteiger partial charge in [-0.3, -0.25) is 4.79 Å². The van der Waals surface area contributed by atoms with Crippen molar-refractivity contribution in [2.75, 3.05) is 13.1 Å². The molecule has 0 saturated carbocycles. The van der Waals surface area contributed by atoms with E-state index in [4.69, 9.17) is 0 Å². The van der Waals surface area contributed by atoms with Crippen molar-refractivity contribution in [3.63, 3.8) is 0 Å². The third-order valence-electron chi connectivity index (χ3n) is 4.35. The first-order valence-corrected chi connectivity index (χ1v) is 6.73. The van der Waals surface area contributed by atoms with Crippen molar-refractivity contribution >= 4 is 5.91 Å². The molecule has 0 spiro atoms. The number of fused-ring (bicyclic) bond motifs is 1. The zero-order valence-corrected chi connectivity index (χ0v) is 10.8. The van der Waals surface area contributed by atoms with Crippen molar-refractivity contribution in [1.29, 1.82) is 0 Å². The van der Waals surface area contributed by atoms with Gasteiger partial charge in [-0.15, -0.1) is 0 Å². The summed E-state index contributed by atoms with van der Waals surface area (Å²) in [6.07, 6.45) is 4.28. The van der Waals surface area contributed by atoms with Crippen LogP contribution < -0.4 is 0 Å². The third kappa shape index (κ3) is 1.61. The number of nitrogens with zero attached hydrogens (tertiary/aromatic N) is 1. The van der Waals surface area contributed by atoms with Crippen molar-refractivity contribution < 1.29 is 9.90 Å². The fourth-order valence-electron chi connectivity index (χ4n) is 3.24. The minimum absolute atomic E-state index is 0.236. The molecule has 18 heavy (non-hydrogen) atoms. The summed E-state index contributed by atoms with van der Waals surface area (Å²) in [6, 6.07) is 5.38. The molecule has 0 aromatic heterocycles. The Morgan fingerprint density at radius 2 is 2.00 bits per heavy atom. The average Bonchev–Trinajstić information content (AvgIpc) is 2.40. The number of rotatable bonds is 1. The molecule has 1 aromatic carbocycles. The molecule has 1 aliphatic carbocycles. The number of carbonyl (C=O) groups is 1. The minimum atomic E-state index is -0.411. The van der Waals surface area contributed by atoms with Gasteiger partial charge in [0.2, 0.25) is 5.91 Å². The molecule has 0 radical (unpaired) electrons. The van der Waals surface area contributed by atoms with Crippen LogP contribution in [-0.2, 0) is 16.6 Å². The quantitative estimate of drug-likeness (QED) is 0.824. The highest BCUT2D eigenvalue weighted by Crippen LogP contribution is 2.44. The van der Waals surface area contributed by atoms with Crippen molar-refractivity contribution in [2.24, 2.45) is 0 Å². The number of likely N-dealkylation sites (tertiary alicyclic amines) is 1. The maximum atomic E-state index is 12.6. The van der Waals surface area contributed by atoms with Gasteiger partial charge >= 0.3 is 0 Å². The number of hydrogen-bond acceptors (Lipinski definition) is 2. The Labute approximate surface area is 107 Å². The van der Waals surface area contributed by atoms with Crippen molar-refractivity contribution in [3.8, 4) is 5.75 Å². The smallest absolute Gasteiger partial charge is 0.233 e. The molecule has 1 saturated heterocycles. The lowest BCUT2D eigenvalue weighted by atomic mass is 9.64. The van der Waals surface area contributed by atoms with E-state index in [1.165, 1.54) is 12.0 Å². The van der Waals surface area contributed by atoms with Gasteiger partial charge in [0.25, 0.3) is 0 Å². The van der Waals surface area contributed by atoms with Crippen LogP contribution in [0.4, 0.5) is 0 Å². The van der Waals surface area contributed by atoms with Gasteiger partial charge in [-0.2, -0.15) is 0 Å². The van der Waals surface area contributed by atoms with E-state index in [0.29, 0.717) is 0 Å². The number of benzene rings is 1. The van der Waals surface area contributed by atoms with E-state index in [9.17, 15) is 9.90 Å². The second kappa shape index (κ2) is 4.01. The molecule has 96 valence electrons. The van der Waals surface area contributed by atoms with E-state index in [-0.39, 0.29) is 11.7 Å². The minimum Gasteiger partial charge on any atom is -0.508 e. The summed E-state index contributed by atoms with van der Waals surface area (Å²) in [4.78, 5) is 14.6. The highest BCUT2D eigenvalue weighted by Gasteiger charge is 2.46. The van der Waals surface area contributed by atoms with E-state index in [0.717, 1.165) is 37.9 Å². The summed E-state index contributed by atoms with van der Waals surface area (Å²) in [5.41, 5.74) is 1.80. The Morgan fingerprint density at radius 1 is 1.28 bits per heavy atom. The molecule has 1 atom stereocenters. The summed E-state index contributed by atoms with van der Waals surface area (Å²) >= 11 is 0. The summed E-state index contributed by atoms with van der Waals surface area (Å²) in [5.74, 6) is 0.492. The van der Waals surface area contributed by atoms with Gasteiger partial charge in [-0.05, 0) is 55.9 Å². The first-order valence-electron chi connectivity index (χ1n) is 6.73. The highest BCUT2D eigenvalue weighted by atomic mass is 16.3. The molecule has 1 N–H and O–H groups in total. The number of hydrogen-bond donors (Lipinski definition) is 1. The maximum Gasteiger partial charge on any atom is 0.233 e. The fraction of sp³-hybridized carbons (Fsp3) is 0.533. The van der Waals surface area contributed by atoms with Crippen LogP contribution in [0.1, 0.15) is 37.3 Å². The zero-order chi connectivity index (χ0) is 12.8. The Kier molecular flexibility index (Phi) is 2.58. The second-order valence-electron chi connectivity index (χ2n) is 5.70. The van der Waals surface area contributed by atoms with E-state index in [1.54, 1.807) is 12.1 Å². The number of piperidine rings is 1. The third-order valence-corrected chi connectivity index (χ3v) is 4.35. The Hall–Kier alpha value is -1.51. The molecule has 0 bridgehead atoms. The molecule has 2 aliphatic rings. The van der Waals surface area contributed by atoms with E-state index in [2.05, 4.69) is 0 Å². The fourth-order valence-corrected chi connectivity index (χ4v) is 3.24. The van der Waals surface area contributed by atoms with Crippen LogP contribution in [-0.4, -0.2) is 29.0 Å². The van der Waals surface area contributed by atoms with Crippen molar-refractivity contribution in [2.45, 2.75) is 38.0 Å². The van der Waals surface area contributed by atoms with Gasteiger partial charge in [0, 0.05) is 13.1 Å². The number of phenolic OH excluding ortho intramolecular Hbond substituents is 1. The van der Waals surface area contributed by atoms with Crippen LogP contribution >= 0.6 is 0 Å². The largest absolute Gasteiger partial charge is 0.508 e. The summed E-state index contributed by atoms with van der Waals surface area (Å²) in [6.45, 7) is 3.79. The topological polar surface area (TPSA) is 40.5 Å². The van der Waals surface area contributed by atoms with Gasteiger partial charge in [-0.1, -0.05) is 6.07 Å². The van der Waals surface area contributed by atoms with E-state index in [1.807, 2.05) is 17.9 Å². The predicted octanol–water partition coefficient (Wildman–Crippen LogP) is 2.22. The molecule has 1 unspecified atom stereocenters. The highest BCUT2D eigenvalue weighted by molar-refractivity contribution is 5.91. The Balaban J connectivity index is 1.86. The summed E-state index contributed by atoms with van der Waals surface area (Å²) in [5, 5.41) is 9.57. The van der Waals surface area contributed by atoms with Crippen molar-refractivity contribution in [1.82, 2.24) is 4.90 Å². The lowest BCUT2D eigenvalue weighted by Crippen LogP contribution is -2.52. The first kappa shape index (κ1) is 11.6. The molecule has 3 heteroatoms. The number of aromatic hydroxyl groups is 1. The lowest BCUT2D eigenvalue weighted by Gasteiger charge is -2.43. The molecule has 1 heterocycles. The SMILES string of the molecule is CC1(C(=O)N2CCCCC2)Cc2ccc(O)cc21. The van der Waals surface area contributed by atoms with Gasteiger partial charge < -0.3 is 10.0 Å². The van der Waals surface area contributed by atoms with E-state index >= 15 is 0 Å².